The Kier molecular flexibility index (Phi) is 3.88. The van der Waals surface area contributed by atoms with Gasteiger partial charge in [-0.25, -0.2) is 0 Å². The highest BCUT2D eigenvalue weighted by molar-refractivity contribution is 5.28. The summed E-state index contributed by atoms with van der Waals surface area (Å²) >= 11 is 0. The molecule has 1 nitrogen and oxygen atoms in total. The van der Waals surface area contributed by atoms with Crippen LogP contribution >= 0.6 is 0 Å². The zero-order chi connectivity index (χ0) is 13.9. The molecule has 1 unspecified atom stereocenters. The third-order valence-corrected chi connectivity index (χ3v) is 4.22. The van der Waals surface area contributed by atoms with Gasteiger partial charge in [0.2, 0.25) is 0 Å². The number of hydrogen-bond donors (Lipinski definition) is 1. The summed E-state index contributed by atoms with van der Waals surface area (Å²) in [6.45, 7) is 5.28. The van der Waals surface area contributed by atoms with E-state index in [1.165, 1.54) is 35.1 Å². The molecule has 0 amide bonds. The molecule has 2 aromatic carbocycles. The minimum Gasteiger partial charge on any atom is -0.306 e. The van der Waals surface area contributed by atoms with Gasteiger partial charge in [-0.15, -0.1) is 0 Å². The molecule has 0 heterocycles. The molecule has 0 saturated heterocycles. The second kappa shape index (κ2) is 5.80. The van der Waals surface area contributed by atoms with E-state index in [0.29, 0.717) is 6.04 Å². The van der Waals surface area contributed by atoms with Crippen molar-refractivity contribution < 1.29 is 0 Å². The van der Waals surface area contributed by atoms with Crippen molar-refractivity contribution in [3.63, 3.8) is 0 Å². The Bertz CT molecular complexity index is 549. The highest BCUT2D eigenvalue weighted by Crippen LogP contribution is 2.39. The minimum absolute atomic E-state index is 0.388. The van der Waals surface area contributed by atoms with Crippen molar-refractivity contribution in [1.82, 2.24) is 5.32 Å². The van der Waals surface area contributed by atoms with Gasteiger partial charge in [-0.05, 0) is 49.3 Å². The molecule has 0 bridgehead atoms. The molecular weight excluding hydrogens is 242 g/mol. The first-order valence-electron chi connectivity index (χ1n) is 7.61. The van der Waals surface area contributed by atoms with Gasteiger partial charge in [-0.1, -0.05) is 54.1 Å². The Morgan fingerprint density at radius 3 is 2.25 bits per heavy atom. The zero-order valence-corrected chi connectivity index (χ0v) is 12.4. The lowest BCUT2D eigenvalue weighted by atomic mass is 10.1. The van der Waals surface area contributed by atoms with Gasteiger partial charge in [0.1, 0.15) is 0 Å². The molecule has 0 spiro atoms. The number of hydrogen-bond acceptors (Lipinski definition) is 1. The fourth-order valence-electron chi connectivity index (χ4n) is 2.57. The summed E-state index contributed by atoms with van der Waals surface area (Å²) in [5.74, 6) is 0.850. The van der Waals surface area contributed by atoms with Gasteiger partial charge >= 0.3 is 0 Å². The molecule has 1 fully saturated rings. The third kappa shape index (κ3) is 3.29. The monoisotopic (exact) mass is 265 g/mol. The van der Waals surface area contributed by atoms with Crippen molar-refractivity contribution in [2.24, 2.45) is 0 Å². The Labute approximate surface area is 122 Å². The summed E-state index contributed by atoms with van der Waals surface area (Å²) in [6.07, 6.45) is 2.75. The summed E-state index contributed by atoms with van der Waals surface area (Å²) in [6, 6.07) is 18.3. The first kappa shape index (κ1) is 13.4. The quantitative estimate of drug-likeness (QED) is 0.824. The van der Waals surface area contributed by atoms with Crippen LogP contribution in [0.4, 0.5) is 0 Å². The van der Waals surface area contributed by atoms with Crippen molar-refractivity contribution in [3.05, 3.63) is 70.8 Å². The molecule has 0 aromatic heterocycles. The average molecular weight is 265 g/mol. The number of benzene rings is 2. The van der Waals surface area contributed by atoms with Crippen LogP contribution in [0.3, 0.4) is 0 Å². The Morgan fingerprint density at radius 1 is 1.00 bits per heavy atom. The lowest BCUT2D eigenvalue weighted by molar-refractivity contribution is 0.574. The Hall–Kier alpha value is -1.60. The van der Waals surface area contributed by atoms with Gasteiger partial charge in [-0.3, -0.25) is 0 Å². The van der Waals surface area contributed by atoms with E-state index in [-0.39, 0.29) is 0 Å². The molecule has 20 heavy (non-hydrogen) atoms. The van der Waals surface area contributed by atoms with Crippen LogP contribution in [-0.4, -0.2) is 0 Å². The van der Waals surface area contributed by atoms with Crippen LogP contribution in [0.1, 0.15) is 54.0 Å². The molecular formula is C19H23N. The molecule has 3 rings (SSSR count). The SMILES string of the molecule is Cc1ccc(C(C)NCc2ccc(C3CC3)cc2)cc1. The van der Waals surface area contributed by atoms with E-state index in [4.69, 9.17) is 0 Å². The molecule has 1 aliphatic carbocycles. The van der Waals surface area contributed by atoms with Gasteiger partial charge in [0.05, 0.1) is 0 Å². The third-order valence-electron chi connectivity index (χ3n) is 4.22. The van der Waals surface area contributed by atoms with E-state index in [1.54, 1.807) is 0 Å². The predicted octanol–water partition coefficient (Wildman–Crippen LogP) is 4.72. The van der Waals surface area contributed by atoms with Crippen molar-refractivity contribution >= 4 is 0 Å². The fourth-order valence-corrected chi connectivity index (χ4v) is 2.57. The van der Waals surface area contributed by atoms with Gasteiger partial charge in [-0.2, -0.15) is 0 Å². The highest BCUT2D eigenvalue weighted by Gasteiger charge is 2.22. The molecule has 0 radical (unpaired) electrons. The molecule has 1 aliphatic rings. The van der Waals surface area contributed by atoms with Crippen LogP contribution in [0.5, 0.6) is 0 Å². The van der Waals surface area contributed by atoms with Crippen LogP contribution < -0.4 is 5.32 Å². The van der Waals surface area contributed by atoms with Gasteiger partial charge in [0.15, 0.2) is 0 Å². The van der Waals surface area contributed by atoms with E-state index < -0.39 is 0 Å². The normalized spacial score (nSPS) is 16.1. The van der Waals surface area contributed by atoms with Crippen LogP contribution in [0.15, 0.2) is 48.5 Å². The fraction of sp³-hybridized carbons (Fsp3) is 0.368. The maximum absolute atomic E-state index is 3.60. The van der Waals surface area contributed by atoms with E-state index in [0.717, 1.165) is 12.5 Å². The second-order valence-corrected chi connectivity index (χ2v) is 6.03. The standard InChI is InChI=1S/C19H23N/c1-14-3-7-17(8-4-14)15(2)20-13-16-5-9-18(10-6-16)19-11-12-19/h3-10,15,19-20H,11-13H2,1-2H3. The Morgan fingerprint density at radius 2 is 1.65 bits per heavy atom. The van der Waals surface area contributed by atoms with Crippen molar-refractivity contribution in [3.8, 4) is 0 Å². The molecule has 104 valence electrons. The van der Waals surface area contributed by atoms with E-state index in [2.05, 4.69) is 67.7 Å². The average Bonchev–Trinajstić information content (AvgIpc) is 3.31. The molecule has 1 atom stereocenters. The molecule has 1 heteroatoms. The Balaban J connectivity index is 1.56. The largest absolute Gasteiger partial charge is 0.306 e. The first-order chi connectivity index (χ1) is 9.72. The summed E-state index contributed by atoms with van der Waals surface area (Å²) in [4.78, 5) is 0. The summed E-state index contributed by atoms with van der Waals surface area (Å²) < 4.78 is 0. The van der Waals surface area contributed by atoms with Gasteiger partial charge < -0.3 is 5.32 Å². The molecule has 0 aliphatic heterocycles. The van der Waals surface area contributed by atoms with Crippen LogP contribution in [0.2, 0.25) is 0 Å². The number of nitrogens with one attached hydrogen (secondary N) is 1. The van der Waals surface area contributed by atoms with Crippen molar-refractivity contribution in [2.75, 3.05) is 0 Å². The lowest BCUT2D eigenvalue weighted by Gasteiger charge is -2.15. The second-order valence-electron chi connectivity index (χ2n) is 6.03. The van der Waals surface area contributed by atoms with E-state index in [9.17, 15) is 0 Å². The number of aryl methyl sites for hydroxylation is 1. The predicted molar refractivity (Wildman–Crippen MR) is 84.9 cm³/mol. The van der Waals surface area contributed by atoms with E-state index >= 15 is 0 Å². The maximum Gasteiger partial charge on any atom is 0.0294 e. The maximum atomic E-state index is 3.60. The van der Waals surface area contributed by atoms with Gasteiger partial charge in [0, 0.05) is 12.6 Å². The lowest BCUT2D eigenvalue weighted by Crippen LogP contribution is -2.18. The smallest absolute Gasteiger partial charge is 0.0294 e. The highest BCUT2D eigenvalue weighted by atomic mass is 14.9. The van der Waals surface area contributed by atoms with Crippen LogP contribution in [0, 0.1) is 6.92 Å². The summed E-state index contributed by atoms with van der Waals surface area (Å²) in [5, 5.41) is 3.60. The zero-order valence-electron chi connectivity index (χ0n) is 12.4. The minimum atomic E-state index is 0.388. The van der Waals surface area contributed by atoms with E-state index in [1.807, 2.05) is 0 Å². The van der Waals surface area contributed by atoms with Crippen molar-refractivity contribution in [1.29, 1.82) is 0 Å². The molecule has 1 N–H and O–H groups in total. The van der Waals surface area contributed by atoms with Crippen LogP contribution in [0.25, 0.3) is 0 Å². The van der Waals surface area contributed by atoms with Crippen molar-refractivity contribution in [2.45, 2.75) is 45.2 Å². The van der Waals surface area contributed by atoms with Crippen LogP contribution in [-0.2, 0) is 6.54 Å². The van der Waals surface area contributed by atoms with Gasteiger partial charge in [0.25, 0.3) is 0 Å². The number of rotatable bonds is 5. The summed E-state index contributed by atoms with van der Waals surface area (Å²) in [5.41, 5.74) is 5.55. The summed E-state index contributed by atoms with van der Waals surface area (Å²) in [7, 11) is 0. The molecule has 1 saturated carbocycles. The molecule has 2 aromatic rings. The topological polar surface area (TPSA) is 12.0 Å². The first-order valence-corrected chi connectivity index (χ1v) is 7.61.